The lowest BCUT2D eigenvalue weighted by atomic mass is 9.93. The van der Waals surface area contributed by atoms with E-state index in [-0.39, 0.29) is 12.4 Å². The second-order valence-corrected chi connectivity index (χ2v) is 7.69. The topological polar surface area (TPSA) is 33.3 Å². The molecule has 1 aliphatic heterocycles. The molecule has 0 radical (unpaired) electrons. The normalized spacial score (nSPS) is 32.1. The minimum absolute atomic E-state index is 0. The third-order valence-electron chi connectivity index (χ3n) is 4.38. The van der Waals surface area contributed by atoms with Gasteiger partial charge in [0.15, 0.2) is 0 Å². The van der Waals surface area contributed by atoms with Crippen LogP contribution in [0, 0.1) is 5.92 Å². The molecule has 2 rings (SSSR count). The molecule has 1 heterocycles. The summed E-state index contributed by atoms with van der Waals surface area (Å²) in [7, 11) is 0. The Morgan fingerprint density at radius 1 is 1.37 bits per heavy atom. The number of halogens is 1. The molecule has 0 aromatic heterocycles. The molecule has 0 aromatic carbocycles. The van der Waals surface area contributed by atoms with E-state index < -0.39 is 0 Å². The molecule has 19 heavy (non-hydrogen) atoms. The molecule has 5 heteroatoms. The first-order valence-corrected chi connectivity index (χ1v) is 8.44. The molecule has 0 aromatic rings. The highest BCUT2D eigenvalue weighted by Gasteiger charge is 2.35. The lowest BCUT2D eigenvalue weighted by Crippen LogP contribution is -2.52. The third-order valence-corrected chi connectivity index (χ3v) is 5.63. The Hall–Kier alpha value is 0.520. The second kappa shape index (κ2) is 8.08. The quantitative estimate of drug-likeness (QED) is 0.816. The first kappa shape index (κ1) is 17.6. The Morgan fingerprint density at radius 3 is 2.79 bits per heavy atom. The van der Waals surface area contributed by atoms with Crippen molar-refractivity contribution in [3.8, 4) is 0 Å². The molecule has 1 saturated carbocycles. The highest BCUT2D eigenvalue weighted by molar-refractivity contribution is 7.99. The average molecular weight is 309 g/mol. The van der Waals surface area contributed by atoms with Crippen LogP contribution in [0.4, 0.5) is 0 Å². The molecule has 2 N–H and O–H groups in total. The van der Waals surface area contributed by atoms with Gasteiger partial charge in [0.25, 0.3) is 0 Å². The van der Waals surface area contributed by atoms with Crippen molar-refractivity contribution in [2.24, 2.45) is 5.92 Å². The van der Waals surface area contributed by atoms with Crippen LogP contribution in [-0.2, 0) is 4.74 Å². The summed E-state index contributed by atoms with van der Waals surface area (Å²) in [5, 5.41) is 7.44. The summed E-state index contributed by atoms with van der Waals surface area (Å²) in [6.45, 7) is 8.52. The molecule has 1 saturated heterocycles. The molecule has 1 aliphatic carbocycles. The van der Waals surface area contributed by atoms with E-state index in [2.05, 4.69) is 30.7 Å². The van der Waals surface area contributed by atoms with Crippen LogP contribution in [0.2, 0.25) is 0 Å². The third kappa shape index (κ3) is 5.09. The van der Waals surface area contributed by atoms with Gasteiger partial charge in [-0.05, 0) is 38.9 Å². The zero-order valence-electron chi connectivity index (χ0n) is 12.4. The lowest BCUT2D eigenvalue weighted by molar-refractivity contribution is 0.0524. The van der Waals surface area contributed by atoms with Crippen LogP contribution in [0.15, 0.2) is 0 Å². The molecular formula is C14H29ClN2OS. The van der Waals surface area contributed by atoms with Crippen molar-refractivity contribution in [2.75, 3.05) is 32.6 Å². The maximum absolute atomic E-state index is 5.62. The number of nitrogens with one attached hydrogen (secondary N) is 2. The number of thioether (sulfide) groups is 1. The molecule has 2 fully saturated rings. The summed E-state index contributed by atoms with van der Waals surface area (Å²) in [5.74, 6) is 0.753. The average Bonchev–Trinajstić information content (AvgIpc) is 2.86. The van der Waals surface area contributed by atoms with Crippen molar-refractivity contribution in [3.05, 3.63) is 0 Å². The first-order chi connectivity index (χ1) is 8.62. The van der Waals surface area contributed by atoms with Crippen LogP contribution < -0.4 is 10.6 Å². The molecule has 3 nitrogen and oxygen atoms in total. The van der Waals surface area contributed by atoms with Gasteiger partial charge in [-0.2, -0.15) is 11.8 Å². The highest BCUT2D eigenvalue weighted by Crippen LogP contribution is 2.30. The molecule has 0 spiro atoms. The van der Waals surface area contributed by atoms with Crippen molar-refractivity contribution < 1.29 is 4.74 Å². The fraction of sp³-hybridized carbons (Fsp3) is 1.00. The standard InChI is InChI=1S/C14H28N2OS.ClH/c1-14(2,18-3)10-16-12-6-4-5-11(12)13-9-17-8-7-15-13;/h11-13,15-16H,4-10H2,1-3H3;1H. The van der Waals surface area contributed by atoms with Gasteiger partial charge in [0.1, 0.15) is 0 Å². The van der Waals surface area contributed by atoms with E-state index in [4.69, 9.17) is 4.74 Å². The Bertz CT molecular complexity index is 260. The minimum Gasteiger partial charge on any atom is -0.379 e. The number of rotatable bonds is 5. The van der Waals surface area contributed by atoms with Gasteiger partial charge in [-0.15, -0.1) is 12.4 Å². The summed E-state index contributed by atoms with van der Waals surface area (Å²) in [6.07, 6.45) is 6.23. The van der Waals surface area contributed by atoms with E-state index in [1.54, 1.807) is 0 Å². The smallest absolute Gasteiger partial charge is 0.0623 e. The molecule has 2 aliphatic rings. The Labute approximate surface area is 128 Å². The van der Waals surface area contributed by atoms with E-state index in [9.17, 15) is 0 Å². The van der Waals surface area contributed by atoms with Crippen molar-refractivity contribution in [1.29, 1.82) is 0 Å². The number of hydrogen-bond acceptors (Lipinski definition) is 4. The SMILES string of the molecule is CSC(C)(C)CNC1CCCC1C1COCCN1.Cl. The predicted octanol–water partition coefficient (Wildman–Crippen LogP) is 2.30. The minimum atomic E-state index is 0. The summed E-state index contributed by atoms with van der Waals surface area (Å²) in [6, 6.07) is 1.24. The highest BCUT2D eigenvalue weighted by atomic mass is 35.5. The fourth-order valence-corrected chi connectivity index (χ4v) is 3.26. The zero-order chi connectivity index (χ0) is 13.0. The maximum Gasteiger partial charge on any atom is 0.0623 e. The largest absolute Gasteiger partial charge is 0.379 e. The van der Waals surface area contributed by atoms with Crippen molar-refractivity contribution in [3.63, 3.8) is 0 Å². The van der Waals surface area contributed by atoms with Crippen LogP contribution in [-0.4, -0.2) is 49.4 Å². The fourth-order valence-electron chi connectivity index (χ4n) is 3.03. The van der Waals surface area contributed by atoms with E-state index in [0.29, 0.717) is 16.8 Å². The van der Waals surface area contributed by atoms with Crippen LogP contribution >= 0.6 is 24.2 Å². The maximum atomic E-state index is 5.62. The van der Waals surface area contributed by atoms with Crippen molar-refractivity contribution in [1.82, 2.24) is 10.6 Å². The van der Waals surface area contributed by atoms with E-state index >= 15 is 0 Å². The number of hydrogen-bond donors (Lipinski definition) is 2. The number of ether oxygens (including phenoxy) is 1. The monoisotopic (exact) mass is 308 g/mol. The van der Waals surface area contributed by atoms with Gasteiger partial charge in [-0.3, -0.25) is 0 Å². The van der Waals surface area contributed by atoms with Crippen LogP contribution in [0.5, 0.6) is 0 Å². The summed E-state index contributed by atoms with van der Waals surface area (Å²) in [4.78, 5) is 0. The van der Waals surface area contributed by atoms with Gasteiger partial charge < -0.3 is 15.4 Å². The van der Waals surface area contributed by atoms with Crippen molar-refractivity contribution >= 4 is 24.2 Å². The second-order valence-electron chi connectivity index (χ2n) is 6.18. The molecule has 3 atom stereocenters. The van der Waals surface area contributed by atoms with E-state index in [0.717, 1.165) is 32.2 Å². The molecular weight excluding hydrogens is 280 g/mol. The molecule has 0 amide bonds. The molecule has 0 bridgehead atoms. The Morgan fingerprint density at radius 2 is 2.16 bits per heavy atom. The Kier molecular flexibility index (Phi) is 7.47. The van der Waals surface area contributed by atoms with Crippen LogP contribution in [0.25, 0.3) is 0 Å². The molecule has 3 unspecified atom stereocenters. The molecule has 114 valence electrons. The van der Waals surface area contributed by atoms with Crippen molar-refractivity contribution in [2.45, 2.75) is 49.9 Å². The van der Waals surface area contributed by atoms with Gasteiger partial charge in [0, 0.05) is 29.9 Å². The summed E-state index contributed by atoms with van der Waals surface area (Å²) in [5.41, 5.74) is 0. The summed E-state index contributed by atoms with van der Waals surface area (Å²) < 4.78 is 5.95. The summed E-state index contributed by atoms with van der Waals surface area (Å²) >= 11 is 1.94. The van der Waals surface area contributed by atoms with Gasteiger partial charge in [-0.25, -0.2) is 0 Å². The van der Waals surface area contributed by atoms with Crippen LogP contribution in [0.1, 0.15) is 33.1 Å². The van der Waals surface area contributed by atoms with Gasteiger partial charge in [0.2, 0.25) is 0 Å². The zero-order valence-corrected chi connectivity index (χ0v) is 14.0. The van der Waals surface area contributed by atoms with Gasteiger partial charge in [-0.1, -0.05) is 6.42 Å². The van der Waals surface area contributed by atoms with Crippen LogP contribution in [0.3, 0.4) is 0 Å². The predicted molar refractivity (Wildman–Crippen MR) is 86.6 cm³/mol. The lowest BCUT2D eigenvalue weighted by Gasteiger charge is -2.34. The Balaban J connectivity index is 0.00000180. The first-order valence-electron chi connectivity index (χ1n) is 7.22. The van der Waals surface area contributed by atoms with E-state index in [1.165, 1.54) is 19.3 Å². The van der Waals surface area contributed by atoms with Gasteiger partial charge in [0.05, 0.1) is 13.2 Å². The number of morpholine rings is 1. The van der Waals surface area contributed by atoms with Gasteiger partial charge >= 0.3 is 0 Å². The van der Waals surface area contributed by atoms with E-state index in [1.807, 2.05) is 11.8 Å².